The van der Waals surface area contributed by atoms with Crippen LogP contribution in [0.1, 0.15) is 0 Å². The first-order valence-corrected chi connectivity index (χ1v) is 22.1. The molecule has 0 atom stereocenters. The maximum absolute atomic E-state index is 5.43. The molecule has 0 aliphatic carbocycles. The summed E-state index contributed by atoms with van der Waals surface area (Å²) in [5.74, 6) is 1.87. The molecule has 0 saturated carbocycles. The molecule has 0 fully saturated rings. The quantitative estimate of drug-likeness (QED) is 0.168. The van der Waals surface area contributed by atoms with Crippen molar-refractivity contribution < 1.29 is 0 Å². The van der Waals surface area contributed by atoms with Crippen molar-refractivity contribution in [2.24, 2.45) is 0 Å². The van der Waals surface area contributed by atoms with Crippen molar-refractivity contribution in [1.82, 2.24) is 19.5 Å². The van der Waals surface area contributed by atoms with Crippen molar-refractivity contribution in [2.45, 2.75) is 0 Å². The van der Waals surface area contributed by atoms with Gasteiger partial charge in [0, 0.05) is 38.4 Å². The molecule has 0 aliphatic rings. The highest BCUT2D eigenvalue weighted by atomic mass is 15.0. The van der Waals surface area contributed by atoms with Gasteiger partial charge in [-0.25, -0.2) is 15.0 Å². The molecule has 0 bridgehead atoms. The highest BCUT2D eigenvalue weighted by Crippen LogP contribution is 2.46. The molecule has 13 aromatic rings. The molecule has 0 aliphatic heterocycles. The highest BCUT2D eigenvalue weighted by molar-refractivity contribution is 6.24. The molecule has 0 spiro atoms. The molecule has 302 valence electrons. The van der Waals surface area contributed by atoms with E-state index in [2.05, 4.69) is 217 Å². The van der Waals surface area contributed by atoms with Crippen molar-refractivity contribution in [2.75, 3.05) is 0 Å². The Labute approximate surface area is 375 Å². The van der Waals surface area contributed by atoms with Gasteiger partial charge in [-0.3, -0.25) is 0 Å². The second kappa shape index (κ2) is 15.0. The number of rotatable bonds is 6. The third kappa shape index (κ3) is 6.11. The highest BCUT2D eigenvalue weighted by Gasteiger charge is 2.24. The molecule has 0 amide bonds. The van der Waals surface area contributed by atoms with Gasteiger partial charge in [-0.15, -0.1) is 0 Å². The summed E-state index contributed by atoms with van der Waals surface area (Å²) >= 11 is 0. The summed E-state index contributed by atoms with van der Waals surface area (Å²) in [5, 5.41) is 11.7. The fraction of sp³-hybridized carbons (Fsp3) is 0. The Balaban J connectivity index is 1.17. The zero-order valence-electron chi connectivity index (χ0n) is 35.2. The SMILES string of the molecule is c1ccc(-c2cccc(-c3cc(-c4nc(-c5ccccc5)nc(-c5cccc6ccccc56)n4)c4ccccc4c3-n3c4cc5ccccc5cc4c4c5ccccc5ccc43)c2)cc1. The Morgan fingerprint density at radius 3 is 1.57 bits per heavy atom. The van der Waals surface area contributed by atoms with E-state index in [-0.39, 0.29) is 0 Å². The van der Waals surface area contributed by atoms with Crippen LogP contribution in [0.5, 0.6) is 0 Å². The van der Waals surface area contributed by atoms with Crippen molar-refractivity contribution in [1.29, 1.82) is 0 Å². The lowest BCUT2D eigenvalue weighted by Crippen LogP contribution is -2.04. The van der Waals surface area contributed by atoms with E-state index >= 15 is 0 Å². The minimum absolute atomic E-state index is 0.615. The number of aromatic nitrogens is 4. The average molecular weight is 827 g/mol. The molecule has 11 aromatic carbocycles. The predicted octanol–water partition coefficient (Wildman–Crippen LogP) is 15.9. The van der Waals surface area contributed by atoms with Gasteiger partial charge in [-0.05, 0) is 84.7 Å². The first-order valence-electron chi connectivity index (χ1n) is 22.1. The van der Waals surface area contributed by atoms with Crippen LogP contribution in [0.25, 0.3) is 127 Å². The largest absolute Gasteiger partial charge is 0.308 e. The van der Waals surface area contributed by atoms with Crippen molar-refractivity contribution in [3.05, 3.63) is 231 Å². The molecule has 0 N–H and O–H groups in total. The summed E-state index contributed by atoms with van der Waals surface area (Å²) in [5.41, 5.74) is 10.7. The lowest BCUT2D eigenvalue weighted by Gasteiger charge is -2.21. The Morgan fingerprint density at radius 1 is 0.262 bits per heavy atom. The lowest BCUT2D eigenvalue weighted by atomic mass is 9.91. The summed E-state index contributed by atoms with van der Waals surface area (Å²) in [6.07, 6.45) is 0. The summed E-state index contributed by atoms with van der Waals surface area (Å²) in [6, 6.07) is 82.5. The Hall–Kier alpha value is -8.73. The van der Waals surface area contributed by atoms with E-state index < -0.39 is 0 Å². The molecule has 0 unspecified atom stereocenters. The Bertz CT molecular complexity index is 4000. The molecule has 4 heteroatoms. The zero-order chi connectivity index (χ0) is 42.8. The summed E-state index contributed by atoms with van der Waals surface area (Å²) in [4.78, 5) is 16.0. The van der Waals surface area contributed by atoms with Gasteiger partial charge in [-0.2, -0.15) is 0 Å². The molecular formula is C61H38N4. The standard InChI is InChI=1S/C61H38N4/c1-3-17-39(18-4-1)43-26-15-27-46(35-43)52-38-53(61-63-59(42-21-5-2-6-22-42)62-60(64-61)51-32-16-25-40-19-9-11-28-47(40)51)49-30-13-14-31-50(49)58(52)65-55-34-33-41-20-10-12-29-48(41)57(55)54-36-44-23-7-8-24-45(44)37-56(54)65/h1-38H. The fourth-order valence-corrected chi connectivity index (χ4v) is 9.97. The fourth-order valence-electron chi connectivity index (χ4n) is 9.97. The minimum atomic E-state index is 0.615. The van der Waals surface area contributed by atoms with E-state index in [9.17, 15) is 0 Å². The number of nitrogens with zero attached hydrogens (tertiary/aromatic N) is 4. The maximum Gasteiger partial charge on any atom is 0.164 e. The average Bonchev–Trinajstić information content (AvgIpc) is 3.70. The summed E-state index contributed by atoms with van der Waals surface area (Å²) < 4.78 is 2.52. The van der Waals surface area contributed by atoms with Crippen molar-refractivity contribution in [3.8, 4) is 62.1 Å². The van der Waals surface area contributed by atoms with Gasteiger partial charge in [0.2, 0.25) is 0 Å². The molecule has 0 saturated heterocycles. The molecule has 2 heterocycles. The van der Waals surface area contributed by atoms with E-state index in [1.165, 1.54) is 32.3 Å². The van der Waals surface area contributed by atoms with Gasteiger partial charge in [-0.1, -0.05) is 200 Å². The minimum Gasteiger partial charge on any atom is -0.308 e. The van der Waals surface area contributed by atoms with E-state index in [4.69, 9.17) is 15.0 Å². The molecule has 2 aromatic heterocycles. The van der Waals surface area contributed by atoms with Gasteiger partial charge in [0.15, 0.2) is 17.5 Å². The van der Waals surface area contributed by atoms with Gasteiger partial charge >= 0.3 is 0 Å². The van der Waals surface area contributed by atoms with E-state index in [0.29, 0.717) is 17.5 Å². The smallest absolute Gasteiger partial charge is 0.164 e. The van der Waals surface area contributed by atoms with Gasteiger partial charge in [0.05, 0.1) is 16.7 Å². The van der Waals surface area contributed by atoms with Crippen molar-refractivity contribution >= 4 is 64.9 Å². The normalized spacial score (nSPS) is 11.7. The Morgan fingerprint density at radius 2 is 0.800 bits per heavy atom. The molecule has 65 heavy (non-hydrogen) atoms. The lowest BCUT2D eigenvalue weighted by molar-refractivity contribution is 1.08. The van der Waals surface area contributed by atoms with Crippen molar-refractivity contribution in [3.63, 3.8) is 0 Å². The number of hydrogen-bond acceptors (Lipinski definition) is 3. The van der Waals surface area contributed by atoms with E-state index in [0.717, 1.165) is 77.2 Å². The third-order valence-electron chi connectivity index (χ3n) is 13.0. The topological polar surface area (TPSA) is 43.6 Å². The second-order valence-electron chi connectivity index (χ2n) is 16.7. The van der Waals surface area contributed by atoms with Crippen LogP contribution < -0.4 is 0 Å². The number of benzene rings is 11. The number of fused-ring (bicyclic) bond motifs is 8. The third-order valence-corrected chi connectivity index (χ3v) is 13.0. The van der Waals surface area contributed by atoms with E-state index in [1.807, 2.05) is 18.2 Å². The predicted molar refractivity (Wildman–Crippen MR) is 271 cm³/mol. The second-order valence-corrected chi connectivity index (χ2v) is 16.7. The summed E-state index contributed by atoms with van der Waals surface area (Å²) in [6.45, 7) is 0. The molecule has 0 radical (unpaired) electrons. The van der Waals surface area contributed by atoms with E-state index in [1.54, 1.807) is 0 Å². The van der Waals surface area contributed by atoms with Crippen LogP contribution in [-0.2, 0) is 0 Å². The van der Waals surface area contributed by atoms with Gasteiger partial charge in [0.25, 0.3) is 0 Å². The first-order chi connectivity index (χ1) is 32.2. The monoisotopic (exact) mass is 826 g/mol. The molecule has 13 rings (SSSR count). The van der Waals surface area contributed by atoms with Crippen LogP contribution in [0.3, 0.4) is 0 Å². The maximum atomic E-state index is 5.43. The van der Waals surface area contributed by atoms with Crippen LogP contribution >= 0.6 is 0 Å². The summed E-state index contributed by atoms with van der Waals surface area (Å²) in [7, 11) is 0. The van der Waals surface area contributed by atoms with Gasteiger partial charge in [0.1, 0.15) is 0 Å². The molecular weight excluding hydrogens is 789 g/mol. The van der Waals surface area contributed by atoms with Crippen LogP contribution in [0.2, 0.25) is 0 Å². The first kappa shape index (κ1) is 36.9. The van der Waals surface area contributed by atoms with Crippen LogP contribution in [0, 0.1) is 0 Å². The van der Waals surface area contributed by atoms with Crippen LogP contribution in [-0.4, -0.2) is 19.5 Å². The van der Waals surface area contributed by atoms with Gasteiger partial charge < -0.3 is 4.57 Å². The zero-order valence-corrected chi connectivity index (χ0v) is 35.2. The Kier molecular flexibility index (Phi) is 8.50. The van der Waals surface area contributed by atoms with Crippen LogP contribution in [0.4, 0.5) is 0 Å². The number of hydrogen-bond donors (Lipinski definition) is 0. The molecule has 4 nitrogen and oxygen atoms in total. The van der Waals surface area contributed by atoms with Crippen LogP contribution in [0.15, 0.2) is 231 Å².